The number of ether oxygens (including phenoxy) is 1. The highest BCUT2D eigenvalue weighted by atomic mass is 16.5. The van der Waals surface area contributed by atoms with Crippen molar-refractivity contribution in [3.05, 3.63) is 71.8 Å². The second kappa shape index (κ2) is 5.90. The molecule has 0 aliphatic heterocycles. The average molecular weight is 224 g/mol. The van der Waals surface area contributed by atoms with Gasteiger partial charge in [0.25, 0.3) is 0 Å². The monoisotopic (exact) mass is 224 g/mol. The van der Waals surface area contributed by atoms with Crippen molar-refractivity contribution >= 4 is 6.08 Å². The lowest BCUT2D eigenvalue weighted by atomic mass is 10.1. The van der Waals surface area contributed by atoms with E-state index in [1.807, 2.05) is 36.4 Å². The van der Waals surface area contributed by atoms with Gasteiger partial charge in [-0.15, -0.1) is 0 Å². The maximum absolute atomic E-state index is 5.31. The summed E-state index contributed by atoms with van der Waals surface area (Å²) in [6.45, 7) is 0. The Hall–Kier alpha value is -2.02. The number of allylic oxidation sites excluding steroid dienone is 1. The van der Waals surface area contributed by atoms with Gasteiger partial charge in [0.2, 0.25) is 0 Å². The maximum atomic E-state index is 5.31. The molecule has 0 N–H and O–H groups in total. The molecule has 0 aromatic heterocycles. The van der Waals surface area contributed by atoms with Crippen LogP contribution in [-0.2, 0) is 6.42 Å². The van der Waals surface area contributed by atoms with E-state index in [9.17, 15) is 0 Å². The Morgan fingerprint density at radius 1 is 0.941 bits per heavy atom. The number of rotatable bonds is 4. The first kappa shape index (κ1) is 11.5. The summed E-state index contributed by atoms with van der Waals surface area (Å²) in [5.74, 6) is 0.949. The minimum atomic E-state index is 0.888. The van der Waals surface area contributed by atoms with Crippen LogP contribution in [-0.4, -0.2) is 7.11 Å². The molecule has 0 aliphatic rings. The molecule has 0 fully saturated rings. The van der Waals surface area contributed by atoms with Crippen LogP contribution < -0.4 is 4.74 Å². The summed E-state index contributed by atoms with van der Waals surface area (Å²) in [6, 6.07) is 18.4. The van der Waals surface area contributed by atoms with E-state index in [0.29, 0.717) is 0 Å². The molecule has 2 rings (SSSR count). The van der Waals surface area contributed by atoms with Crippen LogP contribution in [0.15, 0.2) is 60.7 Å². The van der Waals surface area contributed by atoms with Crippen LogP contribution in [0.3, 0.4) is 0 Å². The average Bonchev–Trinajstić information content (AvgIpc) is 2.40. The highest BCUT2D eigenvalue weighted by Gasteiger charge is 1.97. The van der Waals surface area contributed by atoms with E-state index in [1.165, 1.54) is 11.1 Å². The lowest BCUT2D eigenvalue weighted by Gasteiger charge is -2.05. The summed E-state index contributed by atoms with van der Waals surface area (Å²) in [6.07, 6.45) is 5.18. The van der Waals surface area contributed by atoms with E-state index in [4.69, 9.17) is 4.74 Å². The zero-order valence-electron chi connectivity index (χ0n) is 9.97. The van der Waals surface area contributed by atoms with Crippen LogP contribution in [0.25, 0.3) is 6.08 Å². The molecule has 2 aromatic rings. The zero-order chi connectivity index (χ0) is 11.9. The third-order valence-electron chi connectivity index (χ3n) is 2.64. The van der Waals surface area contributed by atoms with Crippen LogP contribution in [0.4, 0.5) is 0 Å². The third-order valence-corrected chi connectivity index (χ3v) is 2.64. The Bertz CT molecular complexity index is 486. The molecule has 0 amide bonds. The van der Waals surface area contributed by atoms with E-state index < -0.39 is 0 Å². The second-order valence-corrected chi connectivity index (χ2v) is 3.83. The normalized spacial score (nSPS) is 10.6. The molecule has 0 heterocycles. The number of para-hydroxylation sites is 1. The predicted molar refractivity (Wildman–Crippen MR) is 72.2 cm³/mol. The summed E-state index contributed by atoms with van der Waals surface area (Å²) < 4.78 is 5.31. The molecule has 0 aliphatic carbocycles. The second-order valence-electron chi connectivity index (χ2n) is 3.83. The van der Waals surface area contributed by atoms with Gasteiger partial charge in [-0.25, -0.2) is 0 Å². The number of hydrogen-bond donors (Lipinski definition) is 0. The molecule has 1 heteroatoms. The molecule has 0 atom stereocenters. The van der Waals surface area contributed by atoms with Crippen molar-refractivity contribution in [3.8, 4) is 5.75 Å². The van der Waals surface area contributed by atoms with Crippen LogP contribution in [0, 0.1) is 0 Å². The number of benzene rings is 2. The highest BCUT2D eigenvalue weighted by molar-refractivity contribution is 5.50. The Kier molecular flexibility index (Phi) is 3.98. The SMILES string of the molecule is COc1ccccc1C/C=C/c1ccccc1. The predicted octanol–water partition coefficient (Wildman–Crippen LogP) is 3.95. The lowest BCUT2D eigenvalue weighted by Crippen LogP contribution is -1.89. The smallest absolute Gasteiger partial charge is 0.122 e. The summed E-state index contributed by atoms with van der Waals surface area (Å²) in [5.41, 5.74) is 2.43. The molecular formula is C16H16O. The van der Waals surface area contributed by atoms with E-state index >= 15 is 0 Å². The van der Waals surface area contributed by atoms with Gasteiger partial charge in [0.05, 0.1) is 7.11 Å². The van der Waals surface area contributed by atoms with Crippen LogP contribution >= 0.6 is 0 Å². The summed E-state index contributed by atoms with van der Waals surface area (Å²) in [4.78, 5) is 0. The number of hydrogen-bond acceptors (Lipinski definition) is 1. The molecule has 17 heavy (non-hydrogen) atoms. The van der Waals surface area contributed by atoms with E-state index in [2.05, 4.69) is 30.4 Å². The van der Waals surface area contributed by atoms with Gasteiger partial charge in [-0.05, 0) is 23.6 Å². The Balaban J connectivity index is 2.05. The van der Waals surface area contributed by atoms with Gasteiger partial charge >= 0.3 is 0 Å². The molecule has 0 saturated carbocycles. The zero-order valence-corrected chi connectivity index (χ0v) is 9.97. The van der Waals surface area contributed by atoms with Crippen molar-refractivity contribution in [2.45, 2.75) is 6.42 Å². The van der Waals surface area contributed by atoms with Crippen molar-refractivity contribution in [2.24, 2.45) is 0 Å². The van der Waals surface area contributed by atoms with E-state index in [1.54, 1.807) is 7.11 Å². The van der Waals surface area contributed by atoms with Crippen LogP contribution in [0.5, 0.6) is 5.75 Å². The van der Waals surface area contributed by atoms with Crippen molar-refractivity contribution in [1.82, 2.24) is 0 Å². The molecule has 0 saturated heterocycles. The van der Waals surface area contributed by atoms with Crippen molar-refractivity contribution in [2.75, 3.05) is 7.11 Å². The van der Waals surface area contributed by atoms with Crippen molar-refractivity contribution < 1.29 is 4.74 Å². The topological polar surface area (TPSA) is 9.23 Å². The fraction of sp³-hybridized carbons (Fsp3) is 0.125. The summed E-state index contributed by atoms with van der Waals surface area (Å²) >= 11 is 0. The van der Waals surface area contributed by atoms with Gasteiger partial charge in [0.15, 0.2) is 0 Å². The summed E-state index contributed by atoms with van der Waals surface area (Å²) in [7, 11) is 1.71. The number of methoxy groups -OCH3 is 1. The van der Waals surface area contributed by atoms with Crippen molar-refractivity contribution in [3.63, 3.8) is 0 Å². The highest BCUT2D eigenvalue weighted by Crippen LogP contribution is 2.18. The van der Waals surface area contributed by atoms with Gasteiger partial charge in [-0.2, -0.15) is 0 Å². The fourth-order valence-corrected chi connectivity index (χ4v) is 1.76. The quantitative estimate of drug-likeness (QED) is 0.764. The molecule has 0 spiro atoms. The summed E-state index contributed by atoms with van der Waals surface area (Å²) in [5, 5.41) is 0. The molecule has 86 valence electrons. The van der Waals surface area contributed by atoms with E-state index in [0.717, 1.165) is 12.2 Å². The third kappa shape index (κ3) is 3.22. The molecule has 0 radical (unpaired) electrons. The Morgan fingerprint density at radius 2 is 1.65 bits per heavy atom. The van der Waals surface area contributed by atoms with Gasteiger partial charge in [0, 0.05) is 0 Å². The largest absolute Gasteiger partial charge is 0.496 e. The van der Waals surface area contributed by atoms with Gasteiger partial charge in [0.1, 0.15) is 5.75 Å². The Morgan fingerprint density at radius 3 is 2.41 bits per heavy atom. The van der Waals surface area contributed by atoms with Gasteiger partial charge in [-0.1, -0.05) is 60.7 Å². The van der Waals surface area contributed by atoms with Gasteiger partial charge in [-0.3, -0.25) is 0 Å². The minimum absolute atomic E-state index is 0.888. The lowest BCUT2D eigenvalue weighted by molar-refractivity contribution is 0.411. The van der Waals surface area contributed by atoms with Crippen LogP contribution in [0.1, 0.15) is 11.1 Å². The van der Waals surface area contributed by atoms with Gasteiger partial charge < -0.3 is 4.74 Å². The maximum Gasteiger partial charge on any atom is 0.122 e. The standard InChI is InChI=1S/C16H16O/c1-17-16-13-6-5-11-15(16)12-7-10-14-8-3-2-4-9-14/h2-11,13H,12H2,1H3/b10-7+. The molecular weight excluding hydrogens is 208 g/mol. The first-order valence-corrected chi connectivity index (χ1v) is 5.73. The first-order valence-electron chi connectivity index (χ1n) is 5.73. The molecule has 1 nitrogen and oxygen atoms in total. The van der Waals surface area contributed by atoms with Crippen molar-refractivity contribution in [1.29, 1.82) is 0 Å². The molecule has 0 unspecified atom stereocenters. The first-order chi connectivity index (χ1) is 8.40. The molecule has 0 bridgehead atoms. The minimum Gasteiger partial charge on any atom is -0.496 e. The fourth-order valence-electron chi connectivity index (χ4n) is 1.76. The Labute approximate surface area is 102 Å². The van der Waals surface area contributed by atoms with E-state index in [-0.39, 0.29) is 0 Å². The molecule has 2 aromatic carbocycles. The van der Waals surface area contributed by atoms with Crippen LogP contribution in [0.2, 0.25) is 0 Å².